The van der Waals surface area contributed by atoms with Gasteiger partial charge in [0.2, 0.25) is 0 Å². The van der Waals surface area contributed by atoms with Gasteiger partial charge in [-0.15, -0.1) is 0 Å². The minimum atomic E-state index is -3.60. The molecule has 0 aliphatic rings. The summed E-state index contributed by atoms with van der Waals surface area (Å²) in [7, 11) is -1.88. The highest BCUT2D eigenvalue weighted by atomic mass is 32.2. The highest BCUT2D eigenvalue weighted by Crippen LogP contribution is 2.15. The Kier molecular flexibility index (Phi) is 4.87. The number of hydrogen-bond acceptors (Lipinski definition) is 4. The second-order valence-corrected chi connectivity index (χ2v) is 6.43. The van der Waals surface area contributed by atoms with Crippen LogP contribution in [0.5, 0.6) is 0 Å². The molecule has 0 radical (unpaired) electrons. The van der Waals surface area contributed by atoms with Crippen LogP contribution in [-0.2, 0) is 17.1 Å². The number of rotatable bonds is 6. The molecule has 1 rings (SSSR count). The molecule has 1 aromatic rings. The topological polar surface area (TPSA) is 79.0 Å². The van der Waals surface area contributed by atoms with Crippen LogP contribution in [-0.4, -0.2) is 35.4 Å². The fourth-order valence-electron chi connectivity index (χ4n) is 1.55. The Morgan fingerprint density at radius 1 is 1.56 bits per heavy atom. The molecule has 0 bridgehead atoms. The number of nitrogens with zero attached hydrogens (tertiary/aromatic N) is 4. The van der Waals surface area contributed by atoms with Crippen molar-refractivity contribution < 1.29 is 8.42 Å². The predicted molar refractivity (Wildman–Crippen MR) is 67.0 cm³/mol. The van der Waals surface area contributed by atoms with E-state index < -0.39 is 10.0 Å². The molecule has 0 unspecified atom stereocenters. The van der Waals surface area contributed by atoms with E-state index in [2.05, 4.69) is 4.98 Å². The van der Waals surface area contributed by atoms with E-state index in [0.29, 0.717) is 6.54 Å². The third kappa shape index (κ3) is 3.55. The first-order chi connectivity index (χ1) is 8.37. The third-order valence-corrected chi connectivity index (χ3v) is 4.08. The highest BCUT2D eigenvalue weighted by Gasteiger charge is 2.26. The molecule has 6 nitrogen and oxygen atoms in total. The lowest BCUT2D eigenvalue weighted by Crippen LogP contribution is -2.35. The van der Waals surface area contributed by atoms with Crippen LogP contribution in [0.2, 0.25) is 0 Å². The molecule has 7 heteroatoms. The van der Waals surface area contributed by atoms with E-state index in [1.54, 1.807) is 11.6 Å². The second kappa shape index (κ2) is 5.98. The molecule has 0 saturated heterocycles. The summed E-state index contributed by atoms with van der Waals surface area (Å²) in [5.74, 6) is 0.196. The zero-order valence-corrected chi connectivity index (χ0v) is 11.7. The number of imidazole rings is 1. The van der Waals surface area contributed by atoms with Crippen LogP contribution in [0.15, 0.2) is 17.6 Å². The molecule has 100 valence electrons. The SMILES string of the molecule is CC(C)CN(CCC#N)S(=O)(=O)c1cn(C)cn1. The Morgan fingerprint density at radius 2 is 2.22 bits per heavy atom. The molecule has 0 fully saturated rings. The van der Waals surface area contributed by atoms with Gasteiger partial charge < -0.3 is 4.57 Å². The van der Waals surface area contributed by atoms with Gasteiger partial charge in [-0.3, -0.25) is 0 Å². The van der Waals surface area contributed by atoms with Crippen molar-refractivity contribution in [3.05, 3.63) is 12.5 Å². The zero-order chi connectivity index (χ0) is 13.8. The van der Waals surface area contributed by atoms with Gasteiger partial charge in [-0.2, -0.15) is 9.57 Å². The van der Waals surface area contributed by atoms with Crippen molar-refractivity contribution >= 4 is 10.0 Å². The Bertz CT molecular complexity index is 527. The lowest BCUT2D eigenvalue weighted by Gasteiger charge is -2.21. The molecule has 0 saturated carbocycles. The fraction of sp³-hybridized carbons (Fsp3) is 0.636. The van der Waals surface area contributed by atoms with Gasteiger partial charge in [0.05, 0.1) is 12.4 Å². The first-order valence-electron chi connectivity index (χ1n) is 5.73. The van der Waals surface area contributed by atoms with E-state index in [1.165, 1.54) is 16.8 Å². The lowest BCUT2D eigenvalue weighted by molar-refractivity contribution is 0.371. The maximum Gasteiger partial charge on any atom is 0.262 e. The molecule has 0 aliphatic heterocycles. The van der Waals surface area contributed by atoms with Gasteiger partial charge in [0.15, 0.2) is 5.03 Å². The van der Waals surface area contributed by atoms with Gasteiger partial charge in [-0.25, -0.2) is 13.4 Å². The zero-order valence-electron chi connectivity index (χ0n) is 10.9. The van der Waals surface area contributed by atoms with Crippen molar-refractivity contribution in [1.29, 1.82) is 5.26 Å². The molecule has 0 N–H and O–H groups in total. The van der Waals surface area contributed by atoms with Crippen LogP contribution < -0.4 is 0 Å². The highest BCUT2D eigenvalue weighted by molar-refractivity contribution is 7.89. The molecule has 0 aromatic carbocycles. The Balaban J connectivity index is 2.99. The van der Waals surface area contributed by atoms with E-state index in [0.717, 1.165) is 0 Å². The van der Waals surface area contributed by atoms with Gasteiger partial charge in [-0.1, -0.05) is 13.8 Å². The van der Waals surface area contributed by atoms with Crippen LogP contribution in [0.3, 0.4) is 0 Å². The first-order valence-corrected chi connectivity index (χ1v) is 7.17. The Morgan fingerprint density at radius 3 is 2.67 bits per heavy atom. The average Bonchev–Trinajstić information content (AvgIpc) is 2.71. The van der Waals surface area contributed by atoms with E-state index in [-0.39, 0.29) is 23.9 Å². The summed E-state index contributed by atoms with van der Waals surface area (Å²) >= 11 is 0. The lowest BCUT2D eigenvalue weighted by atomic mass is 10.2. The summed E-state index contributed by atoms with van der Waals surface area (Å²) in [6.45, 7) is 4.47. The van der Waals surface area contributed by atoms with Crippen molar-refractivity contribution in [2.45, 2.75) is 25.3 Å². The summed E-state index contributed by atoms with van der Waals surface area (Å²) < 4.78 is 27.6. The smallest absolute Gasteiger partial charge is 0.262 e. The van der Waals surface area contributed by atoms with E-state index >= 15 is 0 Å². The van der Waals surface area contributed by atoms with Crippen LogP contribution in [0.25, 0.3) is 0 Å². The molecular weight excluding hydrogens is 252 g/mol. The summed E-state index contributed by atoms with van der Waals surface area (Å²) in [6.07, 6.45) is 3.10. The molecule has 18 heavy (non-hydrogen) atoms. The first kappa shape index (κ1) is 14.7. The quantitative estimate of drug-likeness (QED) is 0.772. The molecule has 1 heterocycles. The predicted octanol–water partition coefficient (Wildman–Crippen LogP) is 0.980. The number of hydrogen-bond donors (Lipinski definition) is 0. The van der Waals surface area contributed by atoms with E-state index in [9.17, 15) is 8.42 Å². The van der Waals surface area contributed by atoms with Crippen LogP contribution >= 0.6 is 0 Å². The third-order valence-electron chi connectivity index (χ3n) is 2.33. The molecule has 0 aliphatic carbocycles. The number of aryl methyl sites for hydroxylation is 1. The van der Waals surface area contributed by atoms with Crippen molar-refractivity contribution in [3.63, 3.8) is 0 Å². The Hall–Kier alpha value is -1.39. The fourth-order valence-corrected chi connectivity index (χ4v) is 3.12. The monoisotopic (exact) mass is 270 g/mol. The summed E-state index contributed by atoms with van der Waals surface area (Å²) in [6, 6.07) is 1.97. The minimum Gasteiger partial charge on any atom is -0.339 e. The van der Waals surface area contributed by atoms with Crippen LogP contribution in [0, 0.1) is 17.2 Å². The maximum atomic E-state index is 12.3. The molecular formula is C11H18N4O2S. The number of sulfonamides is 1. The van der Waals surface area contributed by atoms with Gasteiger partial charge in [0.1, 0.15) is 0 Å². The van der Waals surface area contributed by atoms with Crippen molar-refractivity contribution in [3.8, 4) is 6.07 Å². The minimum absolute atomic E-state index is 0.0311. The number of nitriles is 1. The summed E-state index contributed by atoms with van der Waals surface area (Å²) in [4.78, 5) is 3.87. The van der Waals surface area contributed by atoms with E-state index in [4.69, 9.17) is 5.26 Å². The maximum absolute atomic E-state index is 12.3. The van der Waals surface area contributed by atoms with Crippen molar-refractivity contribution in [2.75, 3.05) is 13.1 Å². The summed E-state index contributed by atoms with van der Waals surface area (Å²) in [5, 5.41) is 8.63. The van der Waals surface area contributed by atoms with Gasteiger partial charge in [0.25, 0.3) is 10.0 Å². The number of aromatic nitrogens is 2. The molecule has 1 aromatic heterocycles. The Labute approximate surface area is 108 Å². The van der Waals surface area contributed by atoms with Crippen molar-refractivity contribution in [1.82, 2.24) is 13.9 Å². The van der Waals surface area contributed by atoms with Gasteiger partial charge in [0, 0.05) is 32.8 Å². The van der Waals surface area contributed by atoms with Gasteiger partial charge >= 0.3 is 0 Å². The average molecular weight is 270 g/mol. The van der Waals surface area contributed by atoms with E-state index in [1.807, 2.05) is 19.9 Å². The normalized spacial score (nSPS) is 12.0. The van der Waals surface area contributed by atoms with Gasteiger partial charge in [-0.05, 0) is 5.92 Å². The van der Waals surface area contributed by atoms with Crippen molar-refractivity contribution in [2.24, 2.45) is 13.0 Å². The molecule has 0 spiro atoms. The van der Waals surface area contributed by atoms with Crippen LogP contribution in [0.1, 0.15) is 20.3 Å². The largest absolute Gasteiger partial charge is 0.339 e. The molecule has 0 amide bonds. The standard InChI is InChI=1S/C11H18N4O2S/c1-10(2)7-15(6-4-5-12)18(16,17)11-8-14(3)9-13-11/h8-10H,4,6-7H2,1-3H3. The summed E-state index contributed by atoms with van der Waals surface area (Å²) in [5.41, 5.74) is 0. The van der Waals surface area contributed by atoms with Crippen LogP contribution in [0.4, 0.5) is 0 Å². The molecule has 0 atom stereocenters. The second-order valence-electron chi connectivity index (χ2n) is 4.54.